The third-order valence-corrected chi connectivity index (χ3v) is 12.8. The molecule has 0 spiro atoms. The molecule has 5 aromatic carbocycles. The molecule has 164 valence electrons. The molecule has 0 radical (unpaired) electrons. The first kappa shape index (κ1) is 21.2. The molecule has 0 aromatic heterocycles. The lowest BCUT2D eigenvalue weighted by Gasteiger charge is -2.35. The highest BCUT2D eigenvalue weighted by molar-refractivity contribution is 7.35. The lowest BCUT2D eigenvalue weighted by Crippen LogP contribution is -2.58. The molecular formula is C32H25ClSi. The quantitative estimate of drug-likeness (QED) is 0.190. The van der Waals surface area contributed by atoms with Gasteiger partial charge in [0.2, 0.25) is 7.38 Å². The van der Waals surface area contributed by atoms with Crippen molar-refractivity contribution in [3.63, 3.8) is 0 Å². The summed E-state index contributed by atoms with van der Waals surface area (Å²) in [5.74, 6) is 0. The number of rotatable bonds is 4. The number of hydrogen-bond acceptors (Lipinski definition) is 0. The first-order valence-corrected chi connectivity index (χ1v) is 14.9. The second-order valence-electron chi connectivity index (χ2n) is 9.14. The van der Waals surface area contributed by atoms with Gasteiger partial charge in [-0.05, 0) is 55.9 Å². The number of fused-ring (bicyclic) bond motifs is 2. The Morgan fingerprint density at radius 1 is 0.647 bits per heavy atom. The molecule has 0 fully saturated rings. The fourth-order valence-corrected chi connectivity index (χ4v) is 10.7. The third kappa shape index (κ3) is 3.36. The summed E-state index contributed by atoms with van der Waals surface area (Å²) < 4.78 is 0. The number of benzene rings is 5. The van der Waals surface area contributed by atoms with Crippen LogP contribution >= 0.6 is 11.1 Å². The van der Waals surface area contributed by atoms with E-state index in [1.165, 1.54) is 49.0 Å². The van der Waals surface area contributed by atoms with Gasteiger partial charge in [0.15, 0.2) is 0 Å². The topological polar surface area (TPSA) is 0 Å². The van der Waals surface area contributed by atoms with Gasteiger partial charge in [0.25, 0.3) is 0 Å². The highest BCUT2D eigenvalue weighted by Gasteiger charge is 2.49. The fraction of sp³-hybridized carbons (Fsp3) is 0.0625. The third-order valence-electron chi connectivity index (χ3n) is 7.03. The minimum Gasteiger partial charge on any atom is -0.154 e. The van der Waals surface area contributed by atoms with Gasteiger partial charge in [0, 0.05) is 5.54 Å². The minimum absolute atomic E-state index is 0.0976. The van der Waals surface area contributed by atoms with Crippen LogP contribution in [0.3, 0.4) is 0 Å². The number of allylic oxidation sites excluding steroid dienone is 1. The molecular weight excluding hydrogens is 448 g/mol. The highest BCUT2D eigenvalue weighted by atomic mass is 35.6. The summed E-state index contributed by atoms with van der Waals surface area (Å²) in [7, 11) is -2.77. The Hall–Kier alpha value is -3.39. The van der Waals surface area contributed by atoms with E-state index in [2.05, 4.69) is 134 Å². The van der Waals surface area contributed by atoms with Crippen LogP contribution in [0.1, 0.15) is 27.8 Å². The molecule has 1 aliphatic rings. The molecule has 0 saturated carbocycles. The van der Waals surface area contributed by atoms with Crippen LogP contribution in [0.2, 0.25) is 0 Å². The molecule has 0 nitrogen and oxygen atoms in total. The molecule has 2 heteroatoms. The van der Waals surface area contributed by atoms with Crippen LogP contribution in [0.4, 0.5) is 0 Å². The van der Waals surface area contributed by atoms with Gasteiger partial charge in [0.1, 0.15) is 0 Å². The van der Waals surface area contributed by atoms with Gasteiger partial charge in [0.05, 0.1) is 0 Å². The molecule has 0 N–H and O–H groups in total. The van der Waals surface area contributed by atoms with E-state index in [0.29, 0.717) is 0 Å². The summed E-state index contributed by atoms with van der Waals surface area (Å²) >= 11 is 8.06. The lowest BCUT2D eigenvalue weighted by molar-refractivity contribution is 1.22. The maximum absolute atomic E-state index is 8.06. The van der Waals surface area contributed by atoms with Crippen LogP contribution in [0.5, 0.6) is 0 Å². The molecule has 0 bridgehead atoms. The van der Waals surface area contributed by atoms with Gasteiger partial charge >= 0.3 is 0 Å². The van der Waals surface area contributed by atoms with Crippen LogP contribution in [0.25, 0.3) is 22.4 Å². The lowest BCUT2D eigenvalue weighted by atomic mass is 9.94. The largest absolute Gasteiger partial charge is 0.229 e. The van der Waals surface area contributed by atoms with Crippen molar-refractivity contribution in [3.8, 4) is 0 Å². The van der Waals surface area contributed by atoms with Crippen LogP contribution in [-0.2, 0) is 0 Å². The van der Waals surface area contributed by atoms with Gasteiger partial charge in [-0.25, -0.2) is 0 Å². The van der Waals surface area contributed by atoms with Crippen molar-refractivity contribution in [1.82, 2.24) is 0 Å². The Labute approximate surface area is 206 Å². The molecule has 0 amide bonds. The van der Waals surface area contributed by atoms with Crippen LogP contribution in [0.15, 0.2) is 121 Å². The van der Waals surface area contributed by atoms with Crippen molar-refractivity contribution in [2.75, 3.05) is 0 Å². The van der Waals surface area contributed by atoms with Gasteiger partial charge in [-0.1, -0.05) is 127 Å². The molecule has 1 unspecified atom stereocenters. The summed E-state index contributed by atoms with van der Waals surface area (Å²) in [6.07, 6.45) is 2.39. The zero-order chi connectivity index (χ0) is 23.1. The van der Waals surface area contributed by atoms with Crippen LogP contribution in [-0.4, -0.2) is 7.38 Å². The van der Waals surface area contributed by atoms with Gasteiger partial charge in [-0.2, -0.15) is 11.1 Å². The maximum Gasteiger partial charge on any atom is 0.229 e. The van der Waals surface area contributed by atoms with Gasteiger partial charge < -0.3 is 0 Å². The highest BCUT2D eigenvalue weighted by Crippen LogP contribution is 2.49. The Morgan fingerprint density at radius 2 is 1.24 bits per heavy atom. The number of halogens is 1. The molecule has 5 aromatic rings. The van der Waals surface area contributed by atoms with Crippen LogP contribution in [0, 0.1) is 6.92 Å². The standard InChI is InChI=1S/C32H25ClSi/c1-23-20-24-12-8-10-18-28(24)30(21-23)31-22-25-13-9-11-19-29(25)32(31)34(33,26-14-4-2-5-15-26)27-16-6-3-7-17-27/h2-22,32H,1H3. The molecule has 0 heterocycles. The second kappa shape index (κ2) is 8.43. The van der Waals surface area contributed by atoms with E-state index >= 15 is 0 Å². The Balaban J connectivity index is 1.68. The maximum atomic E-state index is 8.06. The first-order valence-electron chi connectivity index (χ1n) is 11.8. The molecule has 0 aliphatic heterocycles. The van der Waals surface area contributed by atoms with E-state index in [4.69, 9.17) is 11.1 Å². The van der Waals surface area contributed by atoms with Crippen LogP contribution < -0.4 is 10.4 Å². The SMILES string of the molecule is Cc1cc(C2=Cc3ccccc3C2[Si](Cl)(c2ccccc2)c2ccccc2)c2ccccc2c1. The average Bonchev–Trinajstić information content (AvgIpc) is 3.29. The average molecular weight is 473 g/mol. The smallest absolute Gasteiger partial charge is 0.154 e. The summed E-state index contributed by atoms with van der Waals surface area (Å²) in [5, 5.41) is 5.04. The zero-order valence-corrected chi connectivity index (χ0v) is 20.8. The predicted octanol–water partition coefficient (Wildman–Crippen LogP) is 7.32. The van der Waals surface area contributed by atoms with Crippen molar-refractivity contribution in [2.24, 2.45) is 0 Å². The normalized spacial score (nSPS) is 15.2. The first-order chi connectivity index (χ1) is 16.7. The predicted molar refractivity (Wildman–Crippen MR) is 149 cm³/mol. The molecule has 1 aliphatic carbocycles. The van der Waals surface area contributed by atoms with E-state index < -0.39 is 7.38 Å². The summed E-state index contributed by atoms with van der Waals surface area (Å²) in [4.78, 5) is 0. The molecule has 0 saturated heterocycles. The molecule has 34 heavy (non-hydrogen) atoms. The zero-order valence-electron chi connectivity index (χ0n) is 19.1. The second-order valence-corrected chi connectivity index (χ2v) is 14.1. The number of aryl methyl sites for hydroxylation is 1. The van der Waals surface area contributed by atoms with E-state index in [-0.39, 0.29) is 5.54 Å². The molecule has 6 rings (SSSR count). The Kier molecular flexibility index (Phi) is 5.25. The fourth-order valence-electron chi connectivity index (χ4n) is 5.55. The van der Waals surface area contributed by atoms with Gasteiger partial charge in [-0.15, -0.1) is 0 Å². The van der Waals surface area contributed by atoms with Crippen molar-refractivity contribution < 1.29 is 0 Å². The Bertz CT molecular complexity index is 1480. The van der Waals surface area contributed by atoms with Crippen molar-refractivity contribution in [2.45, 2.75) is 12.5 Å². The van der Waals surface area contributed by atoms with E-state index in [9.17, 15) is 0 Å². The minimum atomic E-state index is -2.77. The summed E-state index contributed by atoms with van der Waals surface area (Å²) in [5.41, 5.74) is 6.59. The monoisotopic (exact) mass is 472 g/mol. The summed E-state index contributed by atoms with van der Waals surface area (Å²) in [6.45, 7) is 2.19. The van der Waals surface area contributed by atoms with E-state index in [0.717, 1.165) is 0 Å². The van der Waals surface area contributed by atoms with Crippen molar-refractivity contribution in [3.05, 3.63) is 144 Å². The Morgan fingerprint density at radius 3 is 1.94 bits per heavy atom. The number of hydrogen-bond donors (Lipinski definition) is 0. The van der Waals surface area contributed by atoms with Crippen molar-refractivity contribution >= 4 is 51.3 Å². The van der Waals surface area contributed by atoms with Crippen molar-refractivity contribution in [1.29, 1.82) is 0 Å². The van der Waals surface area contributed by atoms with Gasteiger partial charge in [-0.3, -0.25) is 0 Å². The molecule has 1 atom stereocenters. The summed E-state index contributed by atoms with van der Waals surface area (Å²) in [6, 6.07) is 43.6. The van der Waals surface area contributed by atoms with E-state index in [1.807, 2.05) is 0 Å². The van der Waals surface area contributed by atoms with E-state index in [1.54, 1.807) is 0 Å².